The molecule has 0 unspecified atom stereocenters. The SMILES string of the molecule is CC[C@H](C(=O)NCC(C)C)N(Cc1ccccc1C)C(=O)CSCc1cccc(Cl)c1. The Hall–Kier alpha value is -1.98. The zero-order chi connectivity index (χ0) is 22.8. The Labute approximate surface area is 195 Å². The lowest BCUT2D eigenvalue weighted by atomic mass is 10.1. The van der Waals surface area contributed by atoms with Crippen molar-refractivity contribution in [2.75, 3.05) is 12.3 Å². The molecule has 6 heteroatoms. The van der Waals surface area contributed by atoms with Crippen molar-refractivity contribution in [1.29, 1.82) is 0 Å². The minimum absolute atomic E-state index is 0.0261. The normalized spacial score (nSPS) is 11.9. The molecular formula is C25H33ClN2O2S. The molecule has 0 aliphatic rings. The Morgan fingerprint density at radius 1 is 1.13 bits per heavy atom. The van der Waals surface area contributed by atoms with Crippen molar-refractivity contribution < 1.29 is 9.59 Å². The third-order valence-electron chi connectivity index (χ3n) is 5.06. The van der Waals surface area contributed by atoms with Gasteiger partial charge in [-0.3, -0.25) is 9.59 Å². The van der Waals surface area contributed by atoms with Crippen molar-refractivity contribution >= 4 is 35.2 Å². The number of aryl methyl sites for hydroxylation is 1. The van der Waals surface area contributed by atoms with E-state index in [4.69, 9.17) is 11.6 Å². The molecule has 0 saturated heterocycles. The van der Waals surface area contributed by atoms with Gasteiger partial charge in [0.15, 0.2) is 0 Å². The molecule has 0 bridgehead atoms. The highest BCUT2D eigenvalue weighted by molar-refractivity contribution is 7.99. The average Bonchev–Trinajstić information content (AvgIpc) is 2.73. The minimum atomic E-state index is -0.488. The second-order valence-electron chi connectivity index (χ2n) is 8.13. The zero-order valence-electron chi connectivity index (χ0n) is 18.9. The van der Waals surface area contributed by atoms with Gasteiger partial charge in [0.1, 0.15) is 6.04 Å². The van der Waals surface area contributed by atoms with Gasteiger partial charge in [-0.05, 0) is 48.1 Å². The first-order valence-electron chi connectivity index (χ1n) is 10.8. The maximum absolute atomic E-state index is 13.3. The lowest BCUT2D eigenvalue weighted by Crippen LogP contribution is -2.50. The largest absolute Gasteiger partial charge is 0.354 e. The summed E-state index contributed by atoms with van der Waals surface area (Å²) < 4.78 is 0. The van der Waals surface area contributed by atoms with Gasteiger partial charge in [0.05, 0.1) is 5.75 Å². The predicted molar refractivity (Wildman–Crippen MR) is 131 cm³/mol. The molecule has 0 aliphatic carbocycles. The van der Waals surface area contributed by atoms with E-state index in [1.54, 1.807) is 16.7 Å². The van der Waals surface area contributed by atoms with Crippen LogP contribution in [0.1, 0.15) is 43.9 Å². The monoisotopic (exact) mass is 460 g/mol. The Morgan fingerprint density at radius 3 is 2.52 bits per heavy atom. The summed E-state index contributed by atoms with van der Waals surface area (Å²) in [6.07, 6.45) is 0.570. The summed E-state index contributed by atoms with van der Waals surface area (Å²) in [7, 11) is 0. The maximum Gasteiger partial charge on any atom is 0.242 e. The fourth-order valence-electron chi connectivity index (χ4n) is 3.28. The lowest BCUT2D eigenvalue weighted by molar-refractivity contribution is -0.139. The maximum atomic E-state index is 13.3. The van der Waals surface area contributed by atoms with Crippen LogP contribution in [0.2, 0.25) is 5.02 Å². The molecule has 2 amide bonds. The van der Waals surface area contributed by atoms with Crippen molar-refractivity contribution in [2.45, 2.75) is 52.5 Å². The highest BCUT2D eigenvalue weighted by atomic mass is 35.5. The van der Waals surface area contributed by atoms with Crippen molar-refractivity contribution in [3.8, 4) is 0 Å². The molecule has 0 heterocycles. The van der Waals surface area contributed by atoms with E-state index >= 15 is 0 Å². The number of hydrogen-bond donors (Lipinski definition) is 1. The molecule has 0 aliphatic heterocycles. The van der Waals surface area contributed by atoms with Crippen molar-refractivity contribution in [1.82, 2.24) is 10.2 Å². The average molecular weight is 461 g/mol. The Morgan fingerprint density at radius 2 is 1.87 bits per heavy atom. The van der Waals surface area contributed by atoms with E-state index < -0.39 is 6.04 Å². The quantitative estimate of drug-likeness (QED) is 0.484. The molecule has 2 aromatic rings. The van der Waals surface area contributed by atoms with Gasteiger partial charge in [0.25, 0.3) is 0 Å². The third kappa shape index (κ3) is 8.23. The van der Waals surface area contributed by atoms with E-state index in [1.165, 1.54) is 0 Å². The van der Waals surface area contributed by atoms with Crippen LogP contribution >= 0.6 is 23.4 Å². The van der Waals surface area contributed by atoms with Gasteiger partial charge in [-0.25, -0.2) is 0 Å². The lowest BCUT2D eigenvalue weighted by Gasteiger charge is -2.31. The van der Waals surface area contributed by atoms with Crippen molar-refractivity contribution in [3.63, 3.8) is 0 Å². The van der Waals surface area contributed by atoms with E-state index in [9.17, 15) is 9.59 Å². The summed E-state index contributed by atoms with van der Waals surface area (Å²) in [5.74, 6) is 1.25. The molecular weight excluding hydrogens is 428 g/mol. The highest BCUT2D eigenvalue weighted by Crippen LogP contribution is 2.20. The fourth-order valence-corrected chi connectivity index (χ4v) is 4.35. The van der Waals surface area contributed by atoms with E-state index in [0.29, 0.717) is 42.0 Å². The number of carbonyl (C=O) groups excluding carboxylic acids is 2. The van der Waals surface area contributed by atoms with Crippen LogP contribution in [0.3, 0.4) is 0 Å². The number of benzene rings is 2. The van der Waals surface area contributed by atoms with E-state index in [1.807, 2.05) is 62.4 Å². The standard InChI is InChI=1S/C25H33ClN2O2S/c1-5-23(25(30)27-14-18(2)3)28(15-21-11-7-6-9-19(21)4)24(29)17-31-16-20-10-8-12-22(26)13-20/h6-13,18,23H,5,14-17H2,1-4H3,(H,27,30)/t23-/m1/s1. The summed E-state index contributed by atoms with van der Waals surface area (Å²) in [5.41, 5.74) is 3.26. The molecule has 1 atom stereocenters. The van der Waals surface area contributed by atoms with Crippen LogP contribution in [-0.2, 0) is 21.9 Å². The predicted octanol–water partition coefficient (Wildman–Crippen LogP) is 5.46. The van der Waals surface area contributed by atoms with Crippen LogP contribution in [0, 0.1) is 12.8 Å². The third-order valence-corrected chi connectivity index (χ3v) is 6.28. The van der Waals surface area contributed by atoms with Crippen molar-refractivity contribution in [3.05, 3.63) is 70.2 Å². The number of carbonyl (C=O) groups is 2. The summed E-state index contributed by atoms with van der Waals surface area (Å²) in [6, 6.07) is 15.2. The molecule has 2 aromatic carbocycles. The smallest absolute Gasteiger partial charge is 0.242 e. The van der Waals surface area contributed by atoms with Gasteiger partial charge in [0.2, 0.25) is 11.8 Å². The second-order valence-corrected chi connectivity index (χ2v) is 9.56. The van der Waals surface area contributed by atoms with Crippen LogP contribution < -0.4 is 5.32 Å². The molecule has 168 valence electrons. The van der Waals surface area contributed by atoms with Gasteiger partial charge in [-0.1, -0.05) is 68.8 Å². The summed E-state index contributed by atoms with van der Waals surface area (Å²) in [5, 5.41) is 3.70. The number of thioether (sulfide) groups is 1. The highest BCUT2D eigenvalue weighted by Gasteiger charge is 2.28. The number of hydrogen-bond acceptors (Lipinski definition) is 3. The number of halogens is 1. The van der Waals surface area contributed by atoms with Crippen LogP contribution in [0.5, 0.6) is 0 Å². The van der Waals surface area contributed by atoms with Gasteiger partial charge in [0, 0.05) is 23.9 Å². The number of nitrogens with zero attached hydrogens (tertiary/aromatic N) is 1. The summed E-state index contributed by atoms with van der Waals surface area (Å²) in [6.45, 7) is 9.14. The molecule has 2 rings (SSSR count). The van der Waals surface area contributed by atoms with Crippen LogP contribution in [-0.4, -0.2) is 35.1 Å². The van der Waals surface area contributed by atoms with Gasteiger partial charge >= 0.3 is 0 Å². The molecule has 0 saturated carbocycles. The Balaban J connectivity index is 2.13. The Bertz CT molecular complexity index is 872. The van der Waals surface area contributed by atoms with E-state index in [0.717, 1.165) is 16.7 Å². The molecule has 0 aromatic heterocycles. The summed E-state index contributed by atoms with van der Waals surface area (Å²) >= 11 is 7.60. The van der Waals surface area contributed by atoms with Crippen LogP contribution in [0.25, 0.3) is 0 Å². The molecule has 1 N–H and O–H groups in total. The van der Waals surface area contributed by atoms with Gasteiger partial charge in [-0.15, -0.1) is 11.8 Å². The first-order chi connectivity index (χ1) is 14.8. The topological polar surface area (TPSA) is 49.4 Å². The summed E-state index contributed by atoms with van der Waals surface area (Å²) in [4.78, 5) is 27.9. The number of nitrogens with one attached hydrogen (secondary N) is 1. The molecule has 0 radical (unpaired) electrons. The first kappa shape index (κ1) is 25.3. The molecule has 0 spiro atoms. The minimum Gasteiger partial charge on any atom is -0.354 e. The second kappa shape index (κ2) is 12.8. The van der Waals surface area contributed by atoms with Gasteiger partial charge < -0.3 is 10.2 Å². The zero-order valence-corrected chi connectivity index (χ0v) is 20.4. The molecule has 4 nitrogen and oxygen atoms in total. The van der Waals surface area contributed by atoms with Crippen LogP contribution in [0.4, 0.5) is 0 Å². The van der Waals surface area contributed by atoms with Crippen LogP contribution in [0.15, 0.2) is 48.5 Å². The van der Waals surface area contributed by atoms with Crippen molar-refractivity contribution in [2.24, 2.45) is 5.92 Å². The fraction of sp³-hybridized carbons (Fsp3) is 0.440. The molecule has 0 fully saturated rings. The Kier molecular flexibility index (Phi) is 10.4. The van der Waals surface area contributed by atoms with E-state index in [2.05, 4.69) is 19.2 Å². The molecule has 31 heavy (non-hydrogen) atoms. The number of amides is 2. The van der Waals surface area contributed by atoms with Gasteiger partial charge in [-0.2, -0.15) is 0 Å². The van der Waals surface area contributed by atoms with E-state index in [-0.39, 0.29) is 11.8 Å². The first-order valence-corrected chi connectivity index (χ1v) is 12.3. The number of rotatable bonds is 11.